The van der Waals surface area contributed by atoms with Gasteiger partial charge in [-0.1, -0.05) is 0 Å². The van der Waals surface area contributed by atoms with Crippen LogP contribution in [0.2, 0.25) is 0 Å². The van der Waals surface area contributed by atoms with Gasteiger partial charge in [-0.05, 0) is 41.5 Å². The van der Waals surface area contributed by atoms with E-state index < -0.39 is 5.60 Å². The Kier molecular flexibility index (Phi) is 4.02. The summed E-state index contributed by atoms with van der Waals surface area (Å²) in [6.45, 7) is 12.8. The van der Waals surface area contributed by atoms with Gasteiger partial charge in [0.2, 0.25) is 0 Å². The second-order valence-electron chi connectivity index (χ2n) is 5.99. The molecule has 0 aromatic carbocycles. The van der Waals surface area contributed by atoms with E-state index >= 15 is 0 Å². The van der Waals surface area contributed by atoms with Crippen LogP contribution >= 0.6 is 0 Å². The van der Waals surface area contributed by atoms with Crippen LogP contribution in [0.5, 0.6) is 0 Å². The van der Waals surface area contributed by atoms with E-state index in [0.717, 1.165) is 0 Å². The van der Waals surface area contributed by atoms with Gasteiger partial charge in [0.05, 0.1) is 31.0 Å². The minimum atomic E-state index is -0.446. The lowest BCUT2D eigenvalue weighted by atomic mass is 9.93. The van der Waals surface area contributed by atoms with Gasteiger partial charge in [-0.2, -0.15) is 0 Å². The molecule has 0 aliphatic carbocycles. The lowest BCUT2D eigenvalue weighted by Gasteiger charge is -2.36. The molecule has 0 spiro atoms. The molecule has 2 heterocycles. The zero-order valence-corrected chi connectivity index (χ0v) is 12.3. The lowest BCUT2D eigenvalue weighted by Crippen LogP contribution is -2.52. The molecule has 0 amide bonds. The van der Waals surface area contributed by atoms with Crippen LogP contribution in [0, 0.1) is 0 Å². The second-order valence-corrected chi connectivity index (χ2v) is 5.99. The highest BCUT2D eigenvalue weighted by molar-refractivity contribution is 5.12. The predicted octanol–water partition coefficient (Wildman–Crippen LogP) is 2.15. The normalized spacial score (nSPS) is 43.3. The summed E-state index contributed by atoms with van der Waals surface area (Å²) in [6.07, 6.45) is 0.435. The molecule has 1 unspecified atom stereocenters. The summed E-state index contributed by atoms with van der Waals surface area (Å²) in [6, 6.07) is 0. The van der Waals surface area contributed by atoms with E-state index in [1.165, 1.54) is 0 Å². The molecular weight excluding hydrogens is 232 g/mol. The highest BCUT2D eigenvalue weighted by atomic mass is 16.7. The molecule has 0 saturated carbocycles. The maximum absolute atomic E-state index is 6.15. The van der Waals surface area contributed by atoms with Gasteiger partial charge in [-0.15, -0.1) is 0 Å². The van der Waals surface area contributed by atoms with Crippen LogP contribution in [0.15, 0.2) is 0 Å². The van der Waals surface area contributed by atoms with Gasteiger partial charge in [-0.25, -0.2) is 0 Å². The van der Waals surface area contributed by atoms with Gasteiger partial charge in [-0.3, -0.25) is 0 Å². The first-order chi connectivity index (χ1) is 8.36. The molecule has 2 aliphatic heterocycles. The molecule has 5 atom stereocenters. The van der Waals surface area contributed by atoms with Crippen molar-refractivity contribution >= 4 is 0 Å². The van der Waals surface area contributed by atoms with E-state index in [2.05, 4.69) is 0 Å². The lowest BCUT2D eigenvalue weighted by molar-refractivity contribution is -0.204. The molecule has 0 aromatic heterocycles. The molecule has 2 fully saturated rings. The van der Waals surface area contributed by atoms with Crippen molar-refractivity contribution in [2.45, 2.75) is 83.8 Å². The Morgan fingerprint density at radius 2 is 1.78 bits per heavy atom. The van der Waals surface area contributed by atoms with Crippen molar-refractivity contribution in [1.82, 2.24) is 0 Å². The summed E-state index contributed by atoms with van der Waals surface area (Å²) in [4.78, 5) is 0. The van der Waals surface area contributed by atoms with Gasteiger partial charge in [0.25, 0.3) is 0 Å². The molecule has 0 N–H and O–H groups in total. The van der Waals surface area contributed by atoms with Crippen molar-refractivity contribution in [3.05, 3.63) is 0 Å². The quantitative estimate of drug-likeness (QED) is 0.757. The van der Waals surface area contributed by atoms with Crippen LogP contribution in [-0.4, -0.2) is 48.8 Å². The molecule has 106 valence electrons. The summed E-state index contributed by atoms with van der Waals surface area (Å²) in [5, 5.41) is 0. The van der Waals surface area contributed by atoms with Crippen LogP contribution in [0.25, 0.3) is 0 Å². The summed E-state index contributed by atoms with van der Waals surface area (Å²) in [5.74, 6) is 0. The number of ether oxygens (including phenoxy) is 4. The Labute approximate surface area is 110 Å². The summed E-state index contributed by atoms with van der Waals surface area (Å²) < 4.78 is 24.0. The monoisotopic (exact) mass is 258 g/mol. The summed E-state index contributed by atoms with van der Waals surface area (Å²) >= 11 is 0. The fourth-order valence-corrected chi connectivity index (χ4v) is 2.88. The minimum Gasteiger partial charge on any atom is -0.376 e. The van der Waals surface area contributed by atoms with Crippen LogP contribution < -0.4 is 0 Å². The predicted molar refractivity (Wildman–Crippen MR) is 68.7 cm³/mol. The summed E-state index contributed by atoms with van der Waals surface area (Å²) in [7, 11) is 0. The molecule has 2 aliphatic rings. The maximum atomic E-state index is 6.15. The van der Waals surface area contributed by atoms with E-state index in [9.17, 15) is 0 Å². The van der Waals surface area contributed by atoms with Crippen molar-refractivity contribution in [2.75, 3.05) is 6.61 Å². The number of hydrogen-bond donors (Lipinski definition) is 0. The molecule has 4 nitrogen and oxygen atoms in total. The SMILES string of the molecule is CC(C)OC[C@]12O[C@@H](C)[C@H](OC1C)[C@@H]2OC(C)C. The van der Waals surface area contributed by atoms with Crippen molar-refractivity contribution in [3.8, 4) is 0 Å². The van der Waals surface area contributed by atoms with Crippen LogP contribution in [0.1, 0.15) is 41.5 Å². The molecule has 0 radical (unpaired) electrons. The molecule has 2 bridgehead atoms. The standard InChI is InChI=1S/C14H26O4/c1-8(2)15-7-14-11(6)17-12(10(5)18-14)13(14)16-9(3)4/h8-13H,7H2,1-6H3/t10-,11?,12-,13-,14-/m0/s1. The van der Waals surface area contributed by atoms with E-state index in [1.54, 1.807) is 0 Å². The zero-order chi connectivity index (χ0) is 13.5. The third kappa shape index (κ3) is 2.31. The van der Waals surface area contributed by atoms with Gasteiger partial charge >= 0.3 is 0 Å². The smallest absolute Gasteiger partial charge is 0.146 e. The Balaban J connectivity index is 2.16. The molecule has 2 saturated heterocycles. The fourth-order valence-electron chi connectivity index (χ4n) is 2.88. The van der Waals surface area contributed by atoms with Crippen molar-refractivity contribution in [2.24, 2.45) is 0 Å². The molecule has 0 aromatic rings. The zero-order valence-electron chi connectivity index (χ0n) is 12.3. The first-order valence-corrected chi connectivity index (χ1v) is 6.97. The van der Waals surface area contributed by atoms with Crippen molar-refractivity contribution < 1.29 is 18.9 Å². The topological polar surface area (TPSA) is 36.9 Å². The van der Waals surface area contributed by atoms with E-state index in [1.807, 2.05) is 41.5 Å². The van der Waals surface area contributed by atoms with Gasteiger partial charge in [0.15, 0.2) is 0 Å². The third-order valence-corrected chi connectivity index (χ3v) is 3.76. The first kappa shape index (κ1) is 14.3. The minimum absolute atomic E-state index is 0.0150. The Morgan fingerprint density at radius 1 is 1.11 bits per heavy atom. The second kappa shape index (κ2) is 5.08. The van der Waals surface area contributed by atoms with E-state index in [4.69, 9.17) is 18.9 Å². The fraction of sp³-hybridized carbons (Fsp3) is 1.00. The van der Waals surface area contributed by atoms with Crippen LogP contribution in [-0.2, 0) is 18.9 Å². The summed E-state index contributed by atoms with van der Waals surface area (Å²) in [5.41, 5.74) is -0.446. The number of fused-ring (bicyclic) bond motifs is 2. The average molecular weight is 258 g/mol. The van der Waals surface area contributed by atoms with E-state index in [-0.39, 0.29) is 36.6 Å². The Hall–Kier alpha value is -0.160. The maximum Gasteiger partial charge on any atom is 0.146 e. The van der Waals surface area contributed by atoms with Crippen molar-refractivity contribution in [3.63, 3.8) is 0 Å². The van der Waals surface area contributed by atoms with Gasteiger partial charge in [0.1, 0.15) is 17.8 Å². The Bertz CT molecular complexity index is 292. The molecule has 18 heavy (non-hydrogen) atoms. The van der Waals surface area contributed by atoms with Crippen LogP contribution in [0.3, 0.4) is 0 Å². The highest BCUT2D eigenvalue weighted by Gasteiger charge is 2.65. The largest absolute Gasteiger partial charge is 0.376 e. The molecular formula is C14H26O4. The van der Waals surface area contributed by atoms with E-state index in [0.29, 0.717) is 6.61 Å². The molecule has 2 rings (SSSR count). The van der Waals surface area contributed by atoms with Gasteiger partial charge in [0, 0.05) is 0 Å². The van der Waals surface area contributed by atoms with Crippen LogP contribution in [0.4, 0.5) is 0 Å². The third-order valence-electron chi connectivity index (χ3n) is 3.76. The number of hydrogen-bond acceptors (Lipinski definition) is 4. The van der Waals surface area contributed by atoms with Gasteiger partial charge < -0.3 is 18.9 Å². The number of rotatable bonds is 5. The first-order valence-electron chi connectivity index (χ1n) is 6.97. The highest BCUT2D eigenvalue weighted by Crippen LogP contribution is 2.46. The van der Waals surface area contributed by atoms with Crippen molar-refractivity contribution in [1.29, 1.82) is 0 Å². The average Bonchev–Trinajstić information content (AvgIpc) is 2.64. The molecule has 4 heteroatoms. The Morgan fingerprint density at radius 3 is 2.33 bits per heavy atom.